The quantitative estimate of drug-likeness (QED) is 0.417. The van der Waals surface area contributed by atoms with E-state index in [1.54, 1.807) is 0 Å². The zero-order chi connectivity index (χ0) is 22.2. The van der Waals surface area contributed by atoms with Crippen molar-refractivity contribution in [1.29, 1.82) is 0 Å². The number of hydrogen-bond donors (Lipinski definition) is 0. The molecule has 0 aliphatic heterocycles. The highest BCUT2D eigenvalue weighted by Crippen LogP contribution is 2.12. The Morgan fingerprint density at radius 2 is 0.929 bits per heavy atom. The third kappa shape index (κ3) is 12.7. The molecular formula is C16H32O10Si2. The van der Waals surface area contributed by atoms with Crippen LogP contribution in [0, 0.1) is 0 Å². The summed E-state index contributed by atoms with van der Waals surface area (Å²) in [6.07, 6.45) is 0. The average Bonchev–Trinajstić information content (AvgIpc) is 2.54. The van der Waals surface area contributed by atoms with Crippen LogP contribution in [0.5, 0.6) is 0 Å². The molecule has 0 aromatic heterocycles. The lowest BCUT2D eigenvalue weighted by atomic mass is 10.9. The second-order valence-corrected chi connectivity index (χ2v) is 9.20. The lowest BCUT2D eigenvalue weighted by Gasteiger charge is -2.26. The monoisotopic (exact) mass is 440 g/mol. The van der Waals surface area contributed by atoms with Crippen molar-refractivity contribution in [2.45, 2.75) is 48.5 Å². The van der Waals surface area contributed by atoms with Crippen LogP contribution in [-0.2, 0) is 45.4 Å². The van der Waals surface area contributed by atoms with Gasteiger partial charge in [-0.2, -0.15) is 0 Å². The molecule has 0 aliphatic rings. The van der Waals surface area contributed by atoms with Crippen LogP contribution in [0.25, 0.3) is 0 Å². The first kappa shape index (κ1) is 28.6. The Kier molecular flexibility index (Phi) is 15.7. The van der Waals surface area contributed by atoms with Gasteiger partial charge in [0.1, 0.15) is 0 Å². The van der Waals surface area contributed by atoms with Crippen molar-refractivity contribution >= 4 is 35.8 Å². The summed E-state index contributed by atoms with van der Waals surface area (Å²) < 4.78 is 35.8. The van der Waals surface area contributed by atoms with Crippen LogP contribution < -0.4 is 0 Å². The van der Waals surface area contributed by atoms with E-state index in [2.05, 4.69) is 6.58 Å². The molecule has 164 valence electrons. The predicted molar refractivity (Wildman–Crippen MR) is 104 cm³/mol. The highest BCUT2D eigenvalue weighted by molar-refractivity contribution is 6.70. The smallest absolute Gasteiger partial charge is 0.452 e. The van der Waals surface area contributed by atoms with Crippen LogP contribution in [0.4, 0.5) is 0 Å². The number of carbonyl (C=O) groups is 3. The molecule has 0 radical (unpaired) electrons. The van der Waals surface area contributed by atoms with Crippen molar-refractivity contribution in [2.24, 2.45) is 0 Å². The summed E-state index contributed by atoms with van der Waals surface area (Å²) in [6, 6.07) is 0. The van der Waals surface area contributed by atoms with Gasteiger partial charge in [-0.1, -0.05) is 6.58 Å². The molecule has 12 heteroatoms. The van der Waals surface area contributed by atoms with E-state index in [1.807, 2.05) is 27.7 Å². The number of carbonyl (C=O) groups excluding carboxylic acids is 3. The van der Waals surface area contributed by atoms with Gasteiger partial charge >= 0.3 is 17.9 Å². The van der Waals surface area contributed by atoms with E-state index < -0.39 is 35.8 Å². The highest BCUT2D eigenvalue weighted by atomic mass is 28.4. The van der Waals surface area contributed by atoms with Gasteiger partial charge in [-0.05, 0) is 27.7 Å². The van der Waals surface area contributed by atoms with Crippen molar-refractivity contribution in [3.63, 3.8) is 0 Å². The summed E-state index contributed by atoms with van der Waals surface area (Å²) in [5, 5.41) is 0. The number of hydrogen-bond acceptors (Lipinski definition) is 10. The second-order valence-electron chi connectivity index (χ2n) is 4.82. The average molecular weight is 441 g/mol. The summed E-state index contributed by atoms with van der Waals surface area (Å²) in [4.78, 5) is 32.3. The van der Waals surface area contributed by atoms with Gasteiger partial charge in [0.2, 0.25) is 0 Å². The number of rotatable bonds is 12. The molecule has 0 fully saturated rings. The standard InChI is InChI=1S/C8H12O6Si.C8H20O4Si/c1-5-15(12-6(2)9,13-7(3)10)14-8(4)11;1-5-9-13(10-6-2,11-7-3)12-8-4/h5H,1H2,2-4H3;5-8H2,1-4H3. The van der Waals surface area contributed by atoms with Crippen molar-refractivity contribution < 1.29 is 45.4 Å². The minimum atomic E-state index is -3.74. The third-order valence-corrected chi connectivity index (χ3v) is 7.18. The fraction of sp³-hybridized carbons (Fsp3) is 0.688. The Hall–Kier alpha value is -1.58. The Balaban J connectivity index is 0. The molecule has 0 N–H and O–H groups in total. The van der Waals surface area contributed by atoms with Gasteiger partial charge in [0.15, 0.2) is 0 Å². The third-order valence-electron chi connectivity index (χ3n) is 2.39. The summed E-state index contributed by atoms with van der Waals surface area (Å²) in [6.45, 7) is 16.4. The maximum absolute atomic E-state index is 10.8. The maximum atomic E-state index is 10.8. The lowest BCUT2D eigenvalue weighted by Crippen LogP contribution is -2.49. The molecular weight excluding hydrogens is 408 g/mol. The molecule has 0 bridgehead atoms. The van der Waals surface area contributed by atoms with E-state index in [9.17, 15) is 14.4 Å². The first-order chi connectivity index (χ1) is 13.1. The van der Waals surface area contributed by atoms with E-state index in [1.165, 1.54) is 0 Å². The molecule has 0 rings (SSSR count). The molecule has 0 aromatic rings. The Morgan fingerprint density at radius 1 is 0.679 bits per heavy atom. The fourth-order valence-electron chi connectivity index (χ4n) is 1.75. The van der Waals surface area contributed by atoms with Crippen molar-refractivity contribution in [3.8, 4) is 0 Å². The minimum Gasteiger partial charge on any atom is -0.452 e. The summed E-state index contributed by atoms with van der Waals surface area (Å²) in [5.41, 5.74) is 1.04. The molecule has 0 spiro atoms. The van der Waals surface area contributed by atoms with Crippen LogP contribution in [-0.4, -0.2) is 62.2 Å². The van der Waals surface area contributed by atoms with Crippen molar-refractivity contribution in [3.05, 3.63) is 12.3 Å². The van der Waals surface area contributed by atoms with E-state index in [0.29, 0.717) is 26.4 Å². The van der Waals surface area contributed by atoms with Gasteiger partial charge in [-0.3, -0.25) is 14.4 Å². The zero-order valence-corrected chi connectivity index (χ0v) is 19.7. The van der Waals surface area contributed by atoms with Gasteiger partial charge in [-0.25, -0.2) is 0 Å². The van der Waals surface area contributed by atoms with E-state index >= 15 is 0 Å². The predicted octanol–water partition coefficient (Wildman–Crippen LogP) is 1.91. The van der Waals surface area contributed by atoms with Gasteiger partial charge < -0.3 is 31.0 Å². The summed E-state index contributed by atoms with van der Waals surface area (Å²) in [5.74, 6) is -2.16. The Morgan fingerprint density at radius 3 is 1.07 bits per heavy atom. The molecule has 0 amide bonds. The van der Waals surface area contributed by atoms with Crippen LogP contribution in [0.15, 0.2) is 12.3 Å². The molecule has 0 saturated heterocycles. The Labute approximate surface area is 168 Å². The van der Waals surface area contributed by atoms with Crippen molar-refractivity contribution in [1.82, 2.24) is 0 Å². The van der Waals surface area contributed by atoms with Gasteiger partial charge in [0, 0.05) is 52.9 Å². The first-order valence-corrected chi connectivity index (χ1v) is 12.3. The first-order valence-electron chi connectivity index (χ1n) is 8.83. The normalized spacial score (nSPS) is 11.0. The molecule has 0 atom stereocenters. The van der Waals surface area contributed by atoms with E-state index in [-0.39, 0.29) is 0 Å². The van der Waals surface area contributed by atoms with Gasteiger partial charge in [0.05, 0.1) is 0 Å². The van der Waals surface area contributed by atoms with Crippen LogP contribution >= 0.6 is 0 Å². The lowest BCUT2D eigenvalue weighted by molar-refractivity contribution is -0.146. The van der Waals surface area contributed by atoms with Crippen LogP contribution in [0.1, 0.15) is 48.5 Å². The maximum Gasteiger partial charge on any atom is 0.734 e. The molecule has 0 heterocycles. The highest BCUT2D eigenvalue weighted by Gasteiger charge is 2.49. The SMILES string of the molecule is C=C[Si](OC(C)=O)(OC(C)=O)OC(C)=O.CCO[Si](OCC)(OCC)OCC. The molecule has 0 unspecified atom stereocenters. The molecule has 28 heavy (non-hydrogen) atoms. The van der Waals surface area contributed by atoms with Gasteiger partial charge in [0.25, 0.3) is 17.9 Å². The van der Waals surface area contributed by atoms with E-state index in [0.717, 1.165) is 26.5 Å². The van der Waals surface area contributed by atoms with Gasteiger partial charge in [-0.15, -0.1) is 0 Å². The zero-order valence-electron chi connectivity index (χ0n) is 17.7. The second kappa shape index (κ2) is 15.4. The topological polar surface area (TPSA) is 116 Å². The molecule has 10 nitrogen and oxygen atoms in total. The molecule has 0 aromatic carbocycles. The van der Waals surface area contributed by atoms with E-state index in [4.69, 9.17) is 31.0 Å². The Bertz CT molecular complexity index is 428. The van der Waals surface area contributed by atoms with Crippen LogP contribution in [0.3, 0.4) is 0 Å². The summed E-state index contributed by atoms with van der Waals surface area (Å²) in [7, 11) is -6.54. The van der Waals surface area contributed by atoms with Crippen LogP contribution in [0.2, 0.25) is 0 Å². The molecule has 0 aliphatic carbocycles. The summed E-state index contributed by atoms with van der Waals surface area (Å²) >= 11 is 0. The largest absolute Gasteiger partial charge is 0.734 e. The fourth-order valence-corrected chi connectivity index (χ4v) is 5.24. The molecule has 0 saturated carbocycles. The van der Waals surface area contributed by atoms with Crippen molar-refractivity contribution in [2.75, 3.05) is 26.4 Å². The minimum absolute atomic E-state index is 0.548.